The highest BCUT2D eigenvalue weighted by atomic mass is 32.2. The molecule has 0 saturated carbocycles. The molecule has 20 heavy (non-hydrogen) atoms. The molecule has 0 aromatic heterocycles. The normalized spacial score (nSPS) is 29.1. The van der Waals surface area contributed by atoms with Crippen LogP contribution in [0.25, 0.3) is 0 Å². The maximum absolute atomic E-state index is 12.2. The summed E-state index contributed by atoms with van der Waals surface area (Å²) in [7, 11) is -1.18. The van der Waals surface area contributed by atoms with Crippen molar-refractivity contribution in [3.8, 4) is 0 Å². The highest BCUT2D eigenvalue weighted by molar-refractivity contribution is 7.89. The first kappa shape index (κ1) is 15.7. The molecule has 116 valence electrons. The average molecular weight is 304 g/mol. The molecule has 2 atom stereocenters. The summed E-state index contributed by atoms with van der Waals surface area (Å²) in [4.78, 5) is 12.8. The van der Waals surface area contributed by atoms with Crippen molar-refractivity contribution in [3.05, 3.63) is 0 Å². The third-order valence-corrected chi connectivity index (χ3v) is 6.42. The molecule has 0 aromatic rings. The first-order chi connectivity index (χ1) is 9.40. The van der Waals surface area contributed by atoms with Crippen molar-refractivity contribution in [2.45, 2.75) is 38.1 Å². The first-order valence-electron chi connectivity index (χ1n) is 7.30. The van der Waals surface area contributed by atoms with E-state index in [0.717, 1.165) is 25.8 Å². The molecule has 2 aliphatic rings. The van der Waals surface area contributed by atoms with Gasteiger partial charge in [-0.2, -0.15) is 0 Å². The van der Waals surface area contributed by atoms with E-state index in [2.05, 4.69) is 11.9 Å². The second-order valence-corrected chi connectivity index (χ2v) is 8.00. The van der Waals surface area contributed by atoms with Crippen molar-refractivity contribution in [2.75, 3.05) is 32.4 Å². The van der Waals surface area contributed by atoms with Gasteiger partial charge in [-0.1, -0.05) is 0 Å². The van der Waals surface area contributed by atoms with Gasteiger partial charge in [0.1, 0.15) is 0 Å². The SMILES string of the molecule is CN1CCCC2CN(S(=O)(=O)CCCC(=O)O)CCC21. The molecule has 0 aliphatic carbocycles. The number of carboxylic acid groups (broad SMARTS) is 1. The molecule has 2 saturated heterocycles. The third-order valence-electron chi connectivity index (χ3n) is 4.49. The maximum Gasteiger partial charge on any atom is 0.303 e. The molecule has 0 spiro atoms. The van der Waals surface area contributed by atoms with E-state index in [1.165, 1.54) is 0 Å². The lowest BCUT2D eigenvalue weighted by molar-refractivity contribution is -0.137. The van der Waals surface area contributed by atoms with Gasteiger partial charge in [0.05, 0.1) is 5.75 Å². The van der Waals surface area contributed by atoms with Crippen LogP contribution in [0.4, 0.5) is 0 Å². The van der Waals surface area contributed by atoms with Crippen LogP contribution >= 0.6 is 0 Å². The van der Waals surface area contributed by atoms with E-state index in [4.69, 9.17) is 5.11 Å². The Balaban J connectivity index is 1.91. The lowest BCUT2D eigenvalue weighted by atomic mass is 9.85. The van der Waals surface area contributed by atoms with Crippen molar-refractivity contribution in [3.63, 3.8) is 0 Å². The van der Waals surface area contributed by atoms with E-state index in [-0.39, 0.29) is 18.6 Å². The minimum atomic E-state index is -3.30. The van der Waals surface area contributed by atoms with Gasteiger partial charge in [-0.15, -0.1) is 0 Å². The van der Waals surface area contributed by atoms with Gasteiger partial charge in [0.25, 0.3) is 0 Å². The van der Waals surface area contributed by atoms with E-state index in [1.54, 1.807) is 4.31 Å². The summed E-state index contributed by atoms with van der Waals surface area (Å²) in [6.07, 6.45) is 3.23. The van der Waals surface area contributed by atoms with Gasteiger partial charge in [-0.05, 0) is 45.2 Å². The lowest BCUT2D eigenvalue weighted by Crippen LogP contribution is -2.54. The summed E-state index contributed by atoms with van der Waals surface area (Å²) < 4.78 is 26.1. The zero-order valence-electron chi connectivity index (χ0n) is 12.0. The Hall–Kier alpha value is -0.660. The number of carboxylic acids is 1. The zero-order chi connectivity index (χ0) is 14.8. The topological polar surface area (TPSA) is 77.9 Å². The van der Waals surface area contributed by atoms with Crippen LogP contribution in [-0.2, 0) is 14.8 Å². The van der Waals surface area contributed by atoms with Crippen LogP contribution in [0.2, 0.25) is 0 Å². The Bertz CT molecular complexity index is 451. The number of hydrogen-bond donors (Lipinski definition) is 1. The zero-order valence-corrected chi connectivity index (χ0v) is 12.8. The van der Waals surface area contributed by atoms with Gasteiger partial charge in [0, 0.05) is 25.6 Å². The van der Waals surface area contributed by atoms with E-state index in [1.807, 2.05) is 0 Å². The summed E-state index contributed by atoms with van der Waals surface area (Å²) in [6, 6.07) is 0.509. The molecule has 0 bridgehead atoms. The highest BCUT2D eigenvalue weighted by Crippen LogP contribution is 2.30. The number of piperidine rings is 2. The molecule has 2 heterocycles. The average Bonchev–Trinajstić information content (AvgIpc) is 2.38. The van der Waals surface area contributed by atoms with Gasteiger partial charge >= 0.3 is 5.97 Å². The Morgan fingerprint density at radius 2 is 2.05 bits per heavy atom. The van der Waals surface area contributed by atoms with Crippen molar-refractivity contribution < 1.29 is 18.3 Å². The van der Waals surface area contributed by atoms with Gasteiger partial charge in [-0.25, -0.2) is 12.7 Å². The van der Waals surface area contributed by atoms with E-state index < -0.39 is 16.0 Å². The number of carbonyl (C=O) groups is 1. The van der Waals surface area contributed by atoms with Crippen LogP contribution in [0.15, 0.2) is 0 Å². The fourth-order valence-electron chi connectivity index (χ4n) is 3.41. The number of hydrogen-bond acceptors (Lipinski definition) is 4. The number of sulfonamides is 1. The fourth-order valence-corrected chi connectivity index (χ4v) is 4.98. The van der Waals surface area contributed by atoms with Crippen LogP contribution in [-0.4, -0.2) is 67.2 Å². The van der Waals surface area contributed by atoms with Crippen LogP contribution < -0.4 is 0 Å². The summed E-state index contributed by atoms with van der Waals surface area (Å²) in [5.41, 5.74) is 0. The van der Waals surface area contributed by atoms with Crippen molar-refractivity contribution in [1.29, 1.82) is 0 Å². The van der Waals surface area contributed by atoms with Crippen molar-refractivity contribution in [2.24, 2.45) is 5.92 Å². The molecule has 0 amide bonds. The molecule has 2 rings (SSSR count). The summed E-state index contributed by atoms with van der Waals surface area (Å²) in [5.74, 6) is -0.559. The molecule has 0 radical (unpaired) electrons. The molecule has 1 N–H and O–H groups in total. The van der Waals surface area contributed by atoms with Crippen LogP contribution in [0.1, 0.15) is 32.1 Å². The maximum atomic E-state index is 12.2. The number of aliphatic carboxylic acids is 1. The minimum Gasteiger partial charge on any atom is -0.481 e. The van der Waals surface area contributed by atoms with Crippen LogP contribution in [0.3, 0.4) is 0 Å². The van der Waals surface area contributed by atoms with E-state index in [9.17, 15) is 13.2 Å². The summed E-state index contributed by atoms with van der Waals surface area (Å²) in [5, 5.41) is 8.59. The first-order valence-corrected chi connectivity index (χ1v) is 8.91. The standard InChI is InChI=1S/C13H24N2O4S/c1-14-7-2-4-11-10-15(8-6-12(11)14)20(18,19)9-3-5-13(16)17/h11-12H,2-10H2,1H3,(H,16,17). The Morgan fingerprint density at radius 3 is 2.75 bits per heavy atom. The quantitative estimate of drug-likeness (QED) is 0.804. The van der Waals surface area contributed by atoms with Gasteiger partial charge < -0.3 is 10.0 Å². The van der Waals surface area contributed by atoms with Gasteiger partial charge in [0.15, 0.2) is 0 Å². The number of nitrogens with zero attached hydrogens (tertiary/aromatic N) is 2. The third kappa shape index (κ3) is 3.71. The molecule has 6 nitrogen and oxygen atoms in total. The second kappa shape index (κ2) is 6.41. The Labute approximate surface area is 120 Å². The number of likely N-dealkylation sites (tertiary alicyclic amines) is 1. The van der Waals surface area contributed by atoms with E-state index >= 15 is 0 Å². The molecule has 7 heteroatoms. The predicted molar refractivity (Wildman–Crippen MR) is 76.0 cm³/mol. The molecular weight excluding hydrogens is 280 g/mol. The molecule has 2 aliphatic heterocycles. The molecule has 2 unspecified atom stereocenters. The van der Waals surface area contributed by atoms with Crippen molar-refractivity contribution >= 4 is 16.0 Å². The highest BCUT2D eigenvalue weighted by Gasteiger charge is 2.37. The predicted octanol–water partition coefficient (Wildman–Crippen LogP) is 0.597. The number of rotatable bonds is 5. The fraction of sp³-hybridized carbons (Fsp3) is 0.923. The minimum absolute atomic E-state index is 0.0491. The van der Waals surface area contributed by atoms with Gasteiger partial charge in [-0.3, -0.25) is 4.79 Å². The smallest absolute Gasteiger partial charge is 0.303 e. The largest absolute Gasteiger partial charge is 0.481 e. The molecule has 2 fully saturated rings. The van der Waals surface area contributed by atoms with Crippen LogP contribution in [0, 0.1) is 5.92 Å². The summed E-state index contributed by atoms with van der Waals surface area (Å²) in [6.45, 7) is 2.28. The van der Waals surface area contributed by atoms with Crippen molar-refractivity contribution in [1.82, 2.24) is 9.21 Å². The second-order valence-electron chi connectivity index (χ2n) is 5.91. The molecular formula is C13H24N2O4S. The monoisotopic (exact) mass is 304 g/mol. The van der Waals surface area contributed by atoms with E-state index in [0.29, 0.717) is 25.0 Å². The van der Waals surface area contributed by atoms with Crippen LogP contribution in [0.5, 0.6) is 0 Å². The molecule has 0 aromatic carbocycles. The lowest BCUT2D eigenvalue weighted by Gasteiger charge is -2.45. The Kier molecular flexibility index (Phi) is 5.04. The summed E-state index contributed by atoms with van der Waals surface area (Å²) >= 11 is 0. The Morgan fingerprint density at radius 1 is 1.30 bits per heavy atom. The number of fused-ring (bicyclic) bond motifs is 1. The van der Waals surface area contributed by atoms with Gasteiger partial charge in [0.2, 0.25) is 10.0 Å².